The van der Waals surface area contributed by atoms with Crippen LogP contribution in [0.5, 0.6) is 17.2 Å². The molecular formula is C18H24O5. The van der Waals surface area contributed by atoms with Crippen LogP contribution in [0.3, 0.4) is 0 Å². The fraction of sp³-hybridized carbons (Fsp3) is 0.389. The Kier molecular flexibility index (Phi) is 6.69. The molecule has 0 radical (unpaired) electrons. The average molecular weight is 320 g/mol. The molecule has 0 unspecified atom stereocenters. The van der Waals surface area contributed by atoms with Crippen LogP contribution in [-0.2, 0) is 11.2 Å². The maximum Gasteiger partial charge on any atom is 0.345 e. The molecule has 0 saturated heterocycles. The standard InChI is InChI=1S/C18H24O5/c1-11(2)6-5-7-12(3)8-9-13-14(19)10-15(20)16(17(13)21)18(22)23-4/h5-6,8,10-11,19-21H,7,9H2,1-4H3/b6-5+,12-8+. The van der Waals surface area contributed by atoms with Gasteiger partial charge in [0.1, 0.15) is 22.8 Å². The lowest BCUT2D eigenvalue weighted by molar-refractivity contribution is 0.0593. The van der Waals surface area contributed by atoms with E-state index in [9.17, 15) is 20.1 Å². The minimum absolute atomic E-state index is 0.176. The van der Waals surface area contributed by atoms with E-state index in [1.807, 2.05) is 13.0 Å². The molecule has 126 valence electrons. The van der Waals surface area contributed by atoms with E-state index in [-0.39, 0.29) is 23.3 Å². The summed E-state index contributed by atoms with van der Waals surface area (Å²) in [6.07, 6.45) is 7.03. The summed E-state index contributed by atoms with van der Waals surface area (Å²) in [7, 11) is 1.15. The number of allylic oxidation sites excluding steroid dienone is 4. The van der Waals surface area contributed by atoms with Crippen molar-refractivity contribution >= 4 is 5.97 Å². The molecule has 5 nitrogen and oxygen atoms in total. The molecule has 0 atom stereocenters. The van der Waals surface area contributed by atoms with Crippen molar-refractivity contribution in [2.75, 3.05) is 7.11 Å². The number of hydrogen-bond acceptors (Lipinski definition) is 5. The van der Waals surface area contributed by atoms with Gasteiger partial charge in [0.05, 0.1) is 7.11 Å². The van der Waals surface area contributed by atoms with Gasteiger partial charge >= 0.3 is 5.97 Å². The first kappa shape index (κ1) is 18.6. The Morgan fingerprint density at radius 3 is 2.48 bits per heavy atom. The highest BCUT2D eigenvalue weighted by molar-refractivity contribution is 5.96. The van der Waals surface area contributed by atoms with Crippen molar-refractivity contribution in [3.05, 3.63) is 41.0 Å². The van der Waals surface area contributed by atoms with Crippen LogP contribution < -0.4 is 0 Å². The summed E-state index contributed by atoms with van der Waals surface area (Å²) in [5.74, 6) is -1.63. The maximum absolute atomic E-state index is 11.6. The smallest absolute Gasteiger partial charge is 0.345 e. The first-order valence-electron chi connectivity index (χ1n) is 7.45. The zero-order valence-corrected chi connectivity index (χ0v) is 14.0. The molecule has 23 heavy (non-hydrogen) atoms. The second-order valence-corrected chi connectivity index (χ2v) is 5.74. The van der Waals surface area contributed by atoms with Crippen molar-refractivity contribution in [2.45, 2.75) is 33.6 Å². The van der Waals surface area contributed by atoms with Gasteiger partial charge in [-0.05, 0) is 25.7 Å². The molecule has 1 rings (SSSR count). The maximum atomic E-state index is 11.6. The highest BCUT2D eigenvalue weighted by atomic mass is 16.5. The van der Waals surface area contributed by atoms with Crippen molar-refractivity contribution in [3.8, 4) is 17.2 Å². The van der Waals surface area contributed by atoms with Crippen LogP contribution in [-0.4, -0.2) is 28.4 Å². The lowest BCUT2D eigenvalue weighted by atomic mass is 10.0. The first-order valence-corrected chi connectivity index (χ1v) is 7.45. The van der Waals surface area contributed by atoms with Crippen molar-refractivity contribution in [2.24, 2.45) is 5.92 Å². The van der Waals surface area contributed by atoms with Gasteiger partial charge in [0, 0.05) is 11.6 Å². The van der Waals surface area contributed by atoms with Crippen LogP contribution in [0, 0.1) is 5.92 Å². The molecule has 1 aromatic carbocycles. The number of rotatable bonds is 6. The zero-order chi connectivity index (χ0) is 17.6. The first-order chi connectivity index (χ1) is 10.8. The van der Waals surface area contributed by atoms with Gasteiger partial charge in [-0.15, -0.1) is 0 Å². The molecule has 1 aromatic rings. The molecule has 0 fully saturated rings. The molecule has 3 N–H and O–H groups in total. The lowest BCUT2D eigenvalue weighted by Gasteiger charge is -2.11. The highest BCUT2D eigenvalue weighted by Gasteiger charge is 2.22. The van der Waals surface area contributed by atoms with Crippen molar-refractivity contribution in [3.63, 3.8) is 0 Å². The number of esters is 1. The summed E-state index contributed by atoms with van der Waals surface area (Å²) in [6.45, 7) is 6.13. The molecule has 0 aliphatic heterocycles. The average Bonchev–Trinajstić information content (AvgIpc) is 2.45. The van der Waals surface area contributed by atoms with Gasteiger partial charge in [0.2, 0.25) is 0 Å². The summed E-state index contributed by atoms with van der Waals surface area (Å²) in [6, 6.07) is 1.03. The SMILES string of the molecule is COC(=O)c1c(O)cc(O)c(C/C=C(\C)C/C=C/C(C)C)c1O. The number of hydrogen-bond donors (Lipinski definition) is 3. The number of ether oxygens (including phenoxy) is 1. The van der Waals surface area contributed by atoms with E-state index in [0.717, 1.165) is 25.2 Å². The normalized spacial score (nSPS) is 12.1. The van der Waals surface area contributed by atoms with Crippen LogP contribution in [0.2, 0.25) is 0 Å². The molecular weight excluding hydrogens is 296 g/mol. The number of phenols is 3. The van der Waals surface area contributed by atoms with Crippen LogP contribution in [0.25, 0.3) is 0 Å². The number of carbonyl (C=O) groups is 1. The Balaban J connectivity index is 3.03. The Bertz CT molecular complexity index is 627. The van der Waals surface area contributed by atoms with Crippen LogP contribution in [0.1, 0.15) is 43.1 Å². The Hall–Kier alpha value is -2.43. The third kappa shape index (κ3) is 5.06. The third-order valence-corrected chi connectivity index (χ3v) is 3.37. The number of carbonyl (C=O) groups excluding carboxylic acids is 1. The quantitative estimate of drug-likeness (QED) is 0.550. The predicted molar refractivity (Wildman–Crippen MR) is 88.8 cm³/mol. The van der Waals surface area contributed by atoms with E-state index >= 15 is 0 Å². The van der Waals surface area contributed by atoms with Crippen molar-refractivity contribution < 1.29 is 24.9 Å². The van der Waals surface area contributed by atoms with E-state index in [2.05, 4.69) is 30.7 Å². The van der Waals surface area contributed by atoms with E-state index in [1.54, 1.807) is 0 Å². The van der Waals surface area contributed by atoms with E-state index in [4.69, 9.17) is 0 Å². The monoisotopic (exact) mass is 320 g/mol. The Morgan fingerprint density at radius 2 is 1.91 bits per heavy atom. The molecule has 5 heteroatoms. The molecule has 0 spiro atoms. The number of methoxy groups -OCH3 is 1. The second kappa shape index (κ2) is 8.27. The van der Waals surface area contributed by atoms with Gasteiger partial charge in [-0.2, -0.15) is 0 Å². The van der Waals surface area contributed by atoms with Crippen molar-refractivity contribution in [1.29, 1.82) is 0 Å². The predicted octanol–water partition coefficient (Wildman–Crippen LogP) is 3.68. The molecule has 0 saturated carbocycles. The number of aromatic hydroxyl groups is 3. The molecule has 0 aromatic heterocycles. The molecule has 0 aliphatic rings. The van der Waals surface area contributed by atoms with Gasteiger partial charge in [-0.25, -0.2) is 4.79 Å². The molecule has 0 heterocycles. The number of benzene rings is 1. The molecule has 0 bridgehead atoms. The Morgan fingerprint density at radius 1 is 1.26 bits per heavy atom. The number of phenolic OH excluding ortho intramolecular Hbond substituents is 3. The summed E-state index contributed by atoms with van der Waals surface area (Å²) in [5.41, 5.74) is 0.898. The van der Waals surface area contributed by atoms with E-state index in [0.29, 0.717) is 5.92 Å². The summed E-state index contributed by atoms with van der Waals surface area (Å²) >= 11 is 0. The van der Waals surface area contributed by atoms with Crippen LogP contribution in [0.15, 0.2) is 29.9 Å². The van der Waals surface area contributed by atoms with E-state index in [1.165, 1.54) is 0 Å². The van der Waals surface area contributed by atoms with Crippen LogP contribution >= 0.6 is 0 Å². The third-order valence-electron chi connectivity index (χ3n) is 3.37. The summed E-state index contributed by atoms with van der Waals surface area (Å²) in [5, 5.41) is 29.7. The lowest BCUT2D eigenvalue weighted by Crippen LogP contribution is -2.04. The van der Waals surface area contributed by atoms with E-state index < -0.39 is 17.5 Å². The van der Waals surface area contributed by atoms with Gasteiger partial charge < -0.3 is 20.1 Å². The fourth-order valence-corrected chi connectivity index (χ4v) is 2.07. The van der Waals surface area contributed by atoms with Gasteiger partial charge in [-0.1, -0.05) is 37.6 Å². The fourth-order valence-electron chi connectivity index (χ4n) is 2.07. The highest BCUT2D eigenvalue weighted by Crippen LogP contribution is 2.38. The van der Waals surface area contributed by atoms with Crippen molar-refractivity contribution in [1.82, 2.24) is 0 Å². The Labute approximate surface area is 136 Å². The zero-order valence-electron chi connectivity index (χ0n) is 14.0. The molecule has 0 aliphatic carbocycles. The minimum atomic E-state index is -0.859. The van der Waals surface area contributed by atoms with Gasteiger partial charge in [0.25, 0.3) is 0 Å². The topological polar surface area (TPSA) is 87.0 Å². The van der Waals surface area contributed by atoms with Crippen LogP contribution in [0.4, 0.5) is 0 Å². The largest absolute Gasteiger partial charge is 0.507 e. The minimum Gasteiger partial charge on any atom is -0.507 e. The summed E-state index contributed by atoms with van der Waals surface area (Å²) in [4.78, 5) is 11.6. The molecule has 0 amide bonds. The second-order valence-electron chi connectivity index (χ2n) is 5.74. The summed E-state index contributed by atoms with van der Waals surface area (Å²) < 4.78 is 4.53. The van der Waals surface area contributed by atoms with Gasteiger partial charge in [-0.3, -0.25) is 0 Å². The van der Waals surface area contributed by atoms with Gasteiger partial charge in [0.15, 0.2) is 0 Å².